The number of anilines is 1. The van der Waals surface area contributed by atoms with E-state index in [-0.39, 0.29) is 12.5 Å². The number of benzene rings is 2. The zero-order valence-electron chi connectivity index (χ0n) is 12.5. The molecule has 0 saturated heterocycles. The minimum atomic E-state index is -0.677. The van der Waals surface area contributed by atoms with Crippen LogP contribution in [0.5, 0.6) is 11.5 Å². The Morgan fingerprint density at radius 3 is 2.96 bits per heavy atom. The molecule has 1 aliphatic heterocycles. The largest absolute Gasteiger partial charge is 0.485 e. The number of imidazole rings is 1. The zero-order chi connectivity index (χ0) is 15.8. The third-order valence-corrected chi connectivity index (χ3v) is 3.67. The highest BCUT2D eigenvalue weighted by Gasteiger charge is 2.27. The molecule has 1 aromatic heterocycles. The molecule has 0 spiro atoms. The average Bonchev–Trinajstić information content (AvgIpc) is 2.93. The van der Waals surface area contributed by atoms with Crippen LogP contribution in [0.2, 0.25) is 0 Å². The highest BCUT2D eigenvalue weighted by molar-refractivity contribution is 5.96. The molecule has 2 aromatic carbocycles. The smallest absolute Gasteiger partial charge is 0.269 e. The number of nitrogens with zero attached hydrogens (tertiary/aromatic N) is 1. The fraction of sp³-hybridized carbons (Fsp3) is 0.176. The van der Waals surface area contributed by atoms with Crippen molar-refractivity contribution in [1.29, 1.82) is 0 Å². The Bertz CT molecular complexity index is 888. The molecule has 0 saturated carbocycles. The first kappa shape index (κ1) is 13.6. The van der Waals surface area contributed by atoms with Crippen LogP contribution in [0.1, 0.15) is 5.82 Å². The summed E-state index contributed by atoms with van der Waals surface area (Å²) in [6.45, 7) is 2.08. The standard InChI is InChI=1S/C17H15N3O3/c1-10-18-12-7-6-11(8-13(12)19-10)20-17(21)16-9-22-14-4-2-3-5-15(14)23-16/h2-8,16H,9H2,1H3,(H,18,19)(H,20,21)/t16-/m0/s1. The van der Waals surface area contributed by atoms with Gasteiger partial charge in [-0.1, -0.05) is 12.1 Å². The minimum Gasteiger partial charge on any atom is -0.485 e. The predicted molar refractivity (Wildman–Crippen MR) is 85.8 cm³/mol. The molecule has 116 valence electrons. The van der Waals surface area contributed by atoms with Crippen molar-refractivity contribution in [2.24, 2.45) is 0 Å². The summed E-state index contributed by atoms with van der Waals surface area (Å²) in [6.07, 6.45) is -0.677. The molecule has 0 fully saturated rings. The maximum atomic E-state index is 12.4. The van der Waals surface area contributed by atoms with Gasteiger partial charge >= 0.3 is 0 Å². The molecule has 0 aliphatic carbocycles. The summed E-state index contributed by atoms with van der Waals surface area (Å²) in [7, 11) is 0. The van der Waals surface area contributed by atoms with E-state index in [1.165, 1.54) is 0 Å². The Balaban J connectivity index is 1.51. The van der Waals surface area contributed by atoms with Gasteiger partial charge in [0.25, 0.3) is 5.91 Å². The molecule has 23 heavy (non-hydrogen) atoms. The molecule has 0 bridgehead atoms. The number of hydrogen-bond donors (Lipinski definition) is 2. The number of fused-ring (bicyclic) bond motifs is 2. The lowest BCUT2D eigenvalue weighted by atomic mass is 10.2. The Labute approximate surface area is 132 Å². The number of para-hydroxylation sites is 2. The van der Waals surface area contributed by atoms with Gasteiger partial charge in [0.05, 0.1) is 11.0 Å². The monoisotopic (exact) mass is 309 g/mol. The van der Waals surface area contributed by atoms with Gasteiger partial charge in [0.1, 0.15) is 12.4 Å². The Kier molecular flexibility index (Phi) is 3.15. The van der Waals surface area contributed by atoms with Gasteiger partial charge in [-0.25, -0.2) is 4.98 Å². The van der Waals surface area contributed by atoms with Crippen molar-refractivity contribution in [2.45, 2.75) is 13.0 Å². The topological polar surface area (TPSA) is 76.2 Å². The first-order chi connectivity index (χ1) is 11.2. The highest BCUT2D eigenvalue weighted by atomic mass is 16.6. The molecule has 2 N–H and O–H groups in total. The third-order valence-electron chi connectivity index (χ3n) is 3.67. The van der Waals surface area contributed by atoms with Crippen molar-refractivity contribution in [1.82, 2.24) is 9.97 Å². The lowest BCUT2D eigenvalue weighted by molar-refractivity contribution is -0.125. The first-order valence-electron chi connectivity index (χ1n) is 7.35. The Morgan fingerprint density at radius 2 is 2.09 bits per heavy atom. The van der Waals surface area contributed by atoms with E-state index in [1.807, 2.05) is 43.3 Å². The number of carbonyl (C=O) groups is 1. The normalized spacial score (nSPS) is 16.3. The fourth-order valence-corrected chi connectivity index (χ4v) is 2.59. The molecular weight excluding hydrogens is 294 g/mol. The van der Waals surface area contributed by atoms with Gasteiger partial charge < -0.3 is 19.8 Å². The molecule has 6 nitrogen and oxygen atoms in total. The van der Waals surface area contributed by atoms with Gasteiger partial charge in [0, 0.05) is 5.69 Å². The summed E-state index contributed by atoms with van der Waals surface area (Å²) in [5, 5.41) is 2.85. The van der Waals surface area contributed by atoms with Crippen molar-refractivity contribution < 1.29 is 14.3 Å². The fourth-order valence-electron chi connectivity index (χ4n) is 2.59. The number of nitrogens with one attached hydrogen (secondary N) is 2. The summed E-state index contributed by atoms with van der Waals surface area (Å²) in [5.41, 5.74) is 2.44. The van der Waals surface area contributed by atoms with Gasteiger partial charge in [-0.05, 0) is 37.3 Å². The van der Waals surface area contributed by atoms with Crippen LogP contribution in [0.4, 0.5) is 5.69 Å². The van der Waals surface area contributed by atoms with Crippen LogP contribution in [0, 0.1) is 6.92 Å². The van der Waals surface area contributed by atoms with Crippen LogP contribution in [-0.2, 0) is 4.79 Å². The molecule has 4 rings (SSSR count). The number of aromatic amines is 1. The Morgan fingerprint density at radius 1 is 1.26 bits per heavy atom. The number of aromatic nitrogens is 2. The van der Waals surface area contributed by atoms with Crippen molar-refractivity contribution >= 4 is 22.6 Å². The molecule has 1 amide bonds. The second-order valence-electron chi connectivity index (χ2n) is 5.41. The first-order valence-corrected chi connectivity index (χ1v) is 7.35. The number of rotatable bonds is 2. The van der Waals surface area contributed by atoms with E-state index in [4.69, 9.17) is 9.47 Å². The molecule has 3 aromatic rings. The van der Waals surface area contributed by atoms with Crippen LogP contribution in [-0.4, -0.2) is 28.6 Å². The summed E-state index contributed by atoms with van der Waals surface area (Å²) >= 11 is 0. The van der Waals surface area contributed by atoms with E-state index in [0.29, 0.717) is 17.2 Å². The summed E-state index contributed by atoms with van der Waals surface area (Å²) in [4.78, 5) is 19.9. The van der Waals surface area contributed by atoms with Crippen LogP contribution in [0.25, 0.3) is 11.0 Å². The minimum absolute atomic E-state index is 0.189. The number of amides is 1. The van der Waals surface area contributed by atoms with E-state index in [2.05, 4.69) is 15.3 Å². The van der Waals surface area contributed by atoms with Crippen LogP contribution in [0.15, 0.2) is 42.5 Å². The maximum absolute atomic E-state index is 12.4. The van der Waals surface area contributed by atoms with Gasteiger partial charge in [-0.15, -0.1) is 0 Å². The second kappa shape index (κ2) is 5.31. The Hall–Kier alpha value is -3.02. The number of carbonyl (C=O) groups excluding carboxylic acids is 1. The van der Waals surface area contributed by atoms with Crippen molar-refractivity contribution in [3.63, 3.8) is 0 Å². The predicted octanol–water partition coefficient (Wildman–Crippen LogP) is 2.65. The lowest BCUT2D eigenvalue weighted by Crippen LogP contribution is -2.40. The molecule has 2 heterocycles. The molecular formula is C17H15N3O3. The van der Waals surface area contributed by atoms with E-state index in [1.54, 1.807) is 6.07 Å². The zero-order valence-corrected chi connectivity index (χ0v) is 12.5. The van der Waals surface area contributed by atoms with E-state index in [0.717, 1.165) is 16.9 Å². The number of ether oxygens (including phenoxy) is 2. The van der Waals surface area contributed by atoms with Gasteiger partial charge in [-0.3, -0.25) is 4.79 Å². The van der Waals surface area contributed by atoms with Crippen molar-refractivity contribution in [2.75, 3.05) is 11.9 Å². The SMILES string of the molecule is Cc1nc2ccc(NC(=O)[C@@H]3COc4ccccc4O3)cc2[nH]1. The summed E-state index contributed by atoms with van der Waals surface area (Å²) in [6, 6.07) is 12.8. The summed E-state index contributed by atoms with van der Waals surface area (Å²) in [5.74, 6) is 1.84. The average molecular weight is 309 g/mol. The number of hydrogen-bond acceptors (Lipinski definition) is 4. The number of aryl methyl sites for hydroxylation is 1. The van der Waals surface area contributed by atoms with E-state index < -0.39 is 6.10 Å². The third kappa shape index (κ3) is 2.59. The van der Waals surface area contributed by atoms with E-state index in [9.17, 15) is 4.79 Å². The van der Waals surface area contributed by atoms with Gasteiger partial charge in [-0.2, -0.15) is 0 Å². The molecule has 1 atom stereocenters. The second-order valence-corrected chi connectivity index (χ2v) is 5.41. The highest BCUT2D eigenvalue weighted by Crippen LogP contribution is 2.31. The molecule has 6 heteroatoms. The van der Waals surface area contributed by atoms with Crippen molar-refractivity contribution in [3.05, 3.63) is 48.3 Å². The van der Waals surface area contributed by atoms with Crippen LogP contribution in [0.3, 0.4) is 0 Å². The van der Waals surface area contributed by atoms with Crippen molar-refractivity contribution in [3.8, 4) is 11.5 Å². The molecule has 1 aliphatic rings. The van der Waals surface area contributed by atoms with Crippen LogP contribution >= 0.6 is 0 Å². The van der Waals surface area contributed by atoms with Gasteiger partial charge in [0.15, 0.2) is 11.5 Å². The maximum Gasteiger partial charge on any atom is 0.269 e. The van der Waals surface area contributed by atoms with E-state index >= 15 is 0 Å². The van der Waals surface area contributed by atoms with Gasteiger partial charge in [0.2, 0.25) is 6.10 Å². The van der Waals surface area contributed by atoms with Crippen LogP contribution < -0.4 is 14.8 Å². The summed E-state index contributed by atoms with van der Waals surface area (Å²) < 4.78 is 11.3. The molecule has 0 unspecified atom stereocenters. The number of H-pyrrole nitrogens is 1. The lowest BCUT2D eigenvalue weighted by Gasteiger charge is -2.25. The molecule has 0 radical (unpaired) electrons. The quantitative estimate of drug-likeness (QED) is 0.763.